The molecule has 2 aromatic rings. The molecule has 20 heavy (non-hydrogen) atoms. The standard InChI is InChI=1S/C16H18FNO2/c1-12(18)15-8-7-14(9-16(15)17)20-11-19-10-13-5-3-2-4-6-13/h2-9,12H,10-11,18H2,1H3/t12-/m1/s1. The average molecular weight is 275 g/mol. The summed E-state index contributed by atoms with van der Waals surface area (Å²) in [5.74, 6) is 0.0699. The number of ether oxygens (including phenoxy) is 2. The minimum Gasteiger partial charge on any atom is -0.467 e. The molecule has 0 aliphatic rings. The molecular formula is C16H18FNO2. The van der Waals surface area contributed by atoms with E-state index in [1.807, 2.05) is 30.3 Å². The van der Waals surface area contributed by atoms with Gasteiger partial charge in [0, 0.05) is 17.7 Å². The van der Waals surface area contributed by atoms with Crippen LogP contribution in [0.15, 0.2) is 48.5 Å². The Morgan fingerprint density at radius 3 is 2.55 bits per heavy atom. The Morgan fingerprint density at radius 1 is 1.15 bits per heavy atom. The molecule has 0 spiro atoms. The minimum atomic E-state index is -0.361. The van der Waals surface area contributed by atoms with Gasteiger partial charge in [0.05, 0.1) is 6.61 Å². The number of rotatable bonds is 6. The molecule has 0 aromatic heterocycles. The zero-order valence-electron chi connectivity index (χ0n) is 11.4. The van der Waals surface area contributed by atoms with E-state index < -0.39 is 0 Å². The van der Waals surface area contributed by atoms with Gasteiger partial charge in [-0.2, -0.15) is 0 Å². The van der Waals surface area contributed by atoms with E-state index in [-0.39, 0.29) is 18.7 Å². The first kappa shape index (κ1) is 14.5. The third-order valence-electron chi connectivity index (χ3n) is 2.88. The third kappa shape index (κ3) is 4.05. The van der Waals surface area contributed by atoms with E-state index in [1.165, 1.54) is 6.07 Å². The van der Waals surface area contributed by atoms with Crippen molar-refractivity contribution >= 4 is 0 Å². The van der Waals surface area contributed by atoms with Gasteiger partial charge >= 0.3 is 0 Å². The molecule has 4 heteroatoms. The molecule has 0 saturated heterocycles. The smallest absolute Gasteiger partial charge is 0.189 e. The second-order valence-corrected chi connectivity index (χ2v) is 4.57. The number of hydrogen-bond acceptors (Lipinski definition) is 3. The Hall–Kier alpha value is -1.91. The lowest BCUT2D eigenvalue weighted by Crippen LogP contribution is -2.08. The lowest BCUT2D eigenvalue weighted by Gasteiger charge is -2.10. The topological polar surface area (TPSA) is 44.5 Å². The maximum atomic E-state index is 13.7. The quantitative estimate of drug-likeness (QED) is 0.649. The largest absolute Gasteiger partial charge is 0.467 e. The molecule has 0 radical (unpaired) electrons. The molecule has 106 valence electrons. The van der Waals surface area contributed by atoms with E-state index in [0.717, 1.165) is 5.56 Å². The van der Waals surface area contributed by atoms with Gasteiger partial charge in [0.15, 0.2) is 6.79 Å². The number of hydrogen-bond donors (Lipinski definition) is 1. The van der Waals surface area contributed by atoms with E-state index in [9.17, 15) is 4.39 Å². The van der Waals surface area contributed by atoms with Crippen LogP contribution < -0.4 is 10.5 Å². The molecule has 0 heterocycles. The zero-order chi connectivity index (χ0) is 14.4. The Bertz CT molecular complexity index is 543. The molecule has 3 nitrogen and oxygen atoms in total. The van der Waals surface area contributed by atoms with Crippen LogP contribution in [0.3, 0.4) is 0 Å². The molecule has 0 bridgehead atoms. The molecule has 0 aliphatic carbocycles. The SMILES string of the molecule is C[C@@H](N)c1ccc(OCOCc2ccccc2)cc1F. The van der Waals surface area contributed by atoms with E-state index in [0.29, 0.717) is 17.9 Å². The number of halogens is 1. The van der Waals surface area contributed by atoms with Crippen LogP contribution in [-0.2, 0) is 11.3 Å². The van der Waals surface area contributed by atoms with Crippen molar-refractivity contribution in [2.24, 2.45) is 5.73 Å². The summed E-state index contributed by atoms with van der Waals surface area (Å²) in [6.45, 7) is 2.27. The maximum absolute atomic E-state index is 13.7. The number of benzene rings is 2. The summed E-state index contributed by atoms with van der Waals surface area (Å²) < 4.78 is 24.4. The lowest BCUT2D eigenvalue weighted by atomic mass is 10.1. The van der Waals surface area contributed by atoms with E-state index in [1.54, 1.807) is 19.1 Å². The van der Waals surface area contributed by atoms with Crippen LogP contribution in [0.5, 0.6) is 5.75 Å². The highest BCUT2D eigenvalue weighted by atomic mass is 19.1. The van der Waals surface area contributed by atoms with Crippen molar-refractivity contribution in [3.63, 3.8) is 0 Å². The van der Waals surface area contributed by atoms with Crippen molar-refractivity contribution in [3.05, 3.63) is 65.5 Å². The van der Waals surface area contributed by atoms with Crippen LogP contribution in [0.1, 0.15) is 24.1 Å². The monoisotopic (exact) mass is 275 g/mol. The van der Waals surface area contributed by atoms with Crippen molar-refractivity contribution in [1.29, 1.82) is 0 Å². The molecule has 1 atom stereocenters. The Balaban J connectivity index is 1.81. The third-order valence-corrected chi connectivity index (χ3v) is 2.88. The Labute approximate surface area is 118 Å². The summed E-state index contributed by atoms with van der Waals surface area (Å²) in [5, 5.41) is 0. The fraction of sp³-hybridized carbons (Fsp3) is 0.250. The van der Waals surface area contributed by atoms with Gasteiger partial charge in [-0.05, 0) is 18.6 Å². The van der Waals surface area contributed by atoms with Crippen LogP contribution >= 0.6 is 0 Å². The van der Waals surface area contributed by atoms with Gasteiger partial charge in [0.25, 0.3) is 0 Å². The fourth-order valence-electron chi connectivity index (χ4n) is 1.81. The van der Waals surface area contributed by atoms with Crippen LogP contribution in [0, 0.1) is 5.82 Å². The van der Waals surface area contributed by atoms with Gasteiger partial charge in [-0.25, -0.2) is 4.39 Å². The van der Waals surface area contributed by atoms with Crippen LogP contribution in [0.25, 0.3) is 0 Å². The zero-order valence-corrected chi connectivity index (χ0v) is 11.4. The first-order chi connectivity index (χ1) is 9.66. The molecule has 2 rings (SSSR count). The molecule has 2 N–H and O–H groups in total. The van der Waals surface area contributed by atoms with E-state index >= 15 is 0 Å². The Morgan fingerprint density at radius 2 is 1.90 bits per heavy atom. The second kappa shape index (κ2) is 7.03. The highest BCUT2D eigenvalue weighted by Gasteiger charge is 2.07. The van der Waals surface area contributed by atoms with Crippen molar-refractivity contribution < 1.29 is 13.9 Å². The average Bonchev–Trinajstić information content (AvgIpc) is 2.44. The van der Waals surface area contributed by atoms with E-state index in [4.69, 9.17) is 15.2 Å². The summed E-state index contributed by atoms with van der Waals surface area (Å²) in [6.07, 6.45) is 0. The predicted molar refractivity (Wildman–Crippen MR) is 75.7 cm³/mol. The van der Waals surface area contributed by atoms with Gasteiger partial charge in [-0.3, -0.25) is 0 Å². The summed E-state index contributed by atoms with van der Waals surface area (Å²) in [6, 6.07) is 14.1. The first-order valence-electron chi connectivity index (χ1n) is 6.46. The van der Waals surface area contributed by atoms with Gasteiger partial charge in [0.2, 0.25) is 0 Å². The molecular weight excluding hydrogens is 257 g/mol. The van der Waals surface area contributed by atoms with Crippen molar-refractivity contribution in [3.8, 4) is 5.75 Å². The number of nitrogens with two attached hydrogens (primary N) is 1. The normalized spacial score (nSPS) is 12.2. The van der Waals surface area contributed by atoms with Crippen molar-refractivity contribution in [1.82, 2.24) is 0 Å². The van der Waals surface area contributed by atoms with Crippen molar-refractivity contribution in [2.45, 2.75) is 19.6 Å². The highest BCUT2D eigenvalue weighted by molar-refractivity contribution is 5.30. The molecule has 0 aliphatic heterocycles. The molecule has 0 fully saturated rings. The van der Waals surface area contributed by atoms with Gasteiger partial charge < -0.3 is 15.2 Å². The van der Waals surface area contributed by atoms with Crippen LogP contribution in [-0.4, -0.2) is 6.79 Å². The Kier molecular flexibility index (Phi) is 5.09. The molecule has 0 saturated carbocycles. The second-order valence-electron chi connectivity index (χ2n) is 4.57. The molecule has 2 aromatic carbocycles. The summed E-state index contributed by atoms with van der Waals surface area (Å²) in [7, 11) is 0. The predicted octanol–water partition coefficient (Wildman–Crippen LogP) is 3.40. The van der Waals surface area contributed by atoms with E-state index in [2.05, 4.69) is 0 Å². The summed E-state index contributed by atoms with van der Waals surface area (Å²) >= 11 is 0. The fourth-order valence-corrected chi connectivity index (χ4v) is 1.81. The van der Waals surface area contributed by atoms with Crippen molar-refractivity contribution in [2.75, 3.05) is 6.79 Å². The van der Waals surface area contributed by atoms with Crippen LogP contribution in [0.2, 0.25) is 0 Å². The lowest BCUT2D eigenvalue weighted by molar-refractivity contribution is 0.00488. The summed E-state index contributed by atoms with van der Waals surface area (Å²) in [4.78, 5) is 0. The molecule has 0 unspecified atom stereocenters. The molecule has 0 amide bonds. The van der Waals surface area contributed by atoms with Gasteiger partial charge in [-0.15, -0.1) is 0 Å². The maximum Gasteiger partial charge on any atom is 0.189 e. The highest BCUT2D eigenvalue weighted by Crippen LogP contribution is 2.20. The minimum absolute atomic E-state index is 0.0753. The summed E-state index contributed by atoms with van der Waals surface area (Å²) in [5.41, 5.74) is 7.18. The van der Waals surface area contributed by atoms with Gasteiger partial charge in [0.1, 0.15) is 11.6 Å². The van der Waals surface area contributed by atoms with Crippen LogP contribution in [0.4, 0.5) is 4.39 Å². The van der Waals surface area contributed by atoms with Gasteiger partial charge in [-0.1, -0.05) is 36.4 Å². The first-order valence-corrected chi connectivity index (χ1v) is 6.46.